The summed E-state index contributed by atoms with van der Waals surface area (Å²) >= 11 is 3.42. The maximum Gasteiger partial charge on any atom is 0.335 e. The van der Waals surface area contributed by atoms with Gasteiger partial charge in [0.1, 0.15) is 17.9 Å². The SMILES string of the molecule is COc1cc(/C=C2\C(=O)NC(=O)N(Cc3ccco3)C2=O)cc(Br)c1OCc1cccc(C(=O)O)c1. The summed E-state index contributed by atoms with van der Waals surface area (Å²) in [5, 5.41) is 11.3. The Balaban J connectivity index is 1.58. The zero-order valence-electron chi connectivity index (χ0n) is 18.8. The first-order chi connectivity index (χ1) is 17.3. The van der Waals surface area contributed by atoms with Gasteiger partial charge in [-0.1, -0.05) is 12.1 Å². The lowest BCUT2D eigenvalue weighted by Gasteiger charge is -2.25. The molecule has 1 aliphatic rings. The second-order valence-electron chi connectivity index (χ2n) is 7.62. The lowest BCUT2D eigenvalue weighted by molar-refractivity contribution is -0.130. The van der Waals surface area contributed by atoms with E-state index in [1.807, 2.05) is 0 Å². The molecule has 4 amide bonds. The van der Waals surface area contributed by atoms with Crippen molar-refractivity contribution in [3.63, 3.8) is 0 Å². The Hall–Kier alpha value is -4.38. The van der Waals surface area contributed by atoms with Crippen LogP contribution in [0.2, 0.25) is 0 Å². The molecule has 2 N–H and O–H groups in total. The third-order valence-electron chi connectivity index (χ3n) is 5.20. The first-order valence-corrected chi connectivity index (χ1v) is 11.3. The van der Waals surface area contributed by atoms with Crippen LogP contribution in [0.15, 0.2) is 69.3 Å². The van der Waals surface area contributed by atoms with Gasteiger partial charge in [-0.2, -0.15) is 0 Å². The zero-order chi connectivity index (χ0) is 25.8. The number of nitrogens with one attached hydrogen (secondary N) is 1. The number of carboxylic acids is 1. The summed E-state index contributed by atoms with van der Waals surface area (Å²) in [7, 11) is 1.43. The molecule has 0 aliphatic carbocycles. The molecule has 4 rings (SSSR count). The summed E-state index contributed by atoms with van der Waals surface area (Å²) in [6.07, 6.45) is 2.76. The number of barbiturate groups is 1. The van der Waals surface area contributed by atoms with Gasteiger partial charge in [-0.25, -0.2) is 9.59 Å². The number of urea groups is 1. The maximum atomic E-state index is 12.9. The molecule has 2 aromatic carbocycles. The molecule has 0 unspecified atom stereocenters. The van der Waals surface area contributed by atoms with Crippen LogP contribution in [0.25, 0.3) is 6.08 Å². The van der Waals surface area contributed by atoms with Crippen LogP contribution in [0.1, 0.15) is 27.2 Å². The standard InChI is InChI=1S/C25H19BrN2O8/c1-34-20-11-15(10-19(26)21(20)36-13-14-4-2-5-16(8-14)24(31)32)9-18-22(29)27-25(33)28(23(18)30)12-17-6-3-7-35-17/h2-11H,12-13H2,1H3,(H,31,32)(H,27,29,33)/b18-9+. The second-order valence-corrected chi connectivity index (χ2v) is 8.47. The molecule has 10 nitrogen and oxygen atoms in total. The molecule has 0 saturated carbocycles. The van der Waals surface area contributed by atoms with Gasteiger partial charge in [0.25, 0.3) is 11.8 Å². The van der Waals surface area contributed by atoms with Crippen LogP contribution < -0.4 is 14.8 Å². The third-order valence-corrected chi connectivity index (χ3v) is 5.79. The topological polar surface area (TPSA) is 135 Å². The molecule has 0 spiro atoms. The van der Waals surface area contributed by atoms with Crippen LogP contribution >= 0.6 is 15.9 Å². The van der Waals surface area contributed by atoms with Crippen LogP contribution in [0.4, 0.5) is 4.79 Å². The number of nitrogens with zero attached hydrogens (tertiary/aromatic N) is 1. The number of rotatable bonds is 8. The molecule has 0 radical (unpaired) electrons. The van der Waals surface area contributed by atoms with E-state index < -0.39 is 23.8 Å². The number of carbonyl (C=O) groups excluding carboxylic acids is 3. The fraction of sp³-hybridized carbons (Fsp3) is 0.120. The Bertz CT molecular complexity index is 1380. The fourth-order valence-corrected chi connectivity index (χ4v) is 4.05. The van der Waals surface area contributed by atoms with E-state index in [2.05, 4.69) is 21.2 Å². The molecule has 0 bridgehead atoms. The molecule has 2 heterocycles. The lowest BCUT2D eigenvalue weighted by atomic mass is 10.1. The van der Waals surface area contributed by atoms with Gasteiger partial charge in [-0.15, -0.1) is 0 Å². The molecule has 0 atom stereocenters. The Morgan fingerprint density at radius 3 is 2.67 bits per heavy atom. The van der Waals surface area contributed by atoms with Crippen LogP contribution in [-0.2, 0) is 22.7 Å². The molecule has 36 heavy (non-hydrogen) atoms. The maximum absolute atomic E-state index is 12.9. The van der Waals surface area contributed by atoms with Gasteiger partial charge in [0.15, 0.2) is 11.5 Å². The highest BCUT2D eigenvalue weighted by Crippen LogP contribution is 2.38. The van der Waals surface area contributed by atoms with Gasteiger partial charge in [0.05, 0.1) is 30.0 Å². The highest BCUT2D eigenvalue weighted by Gasteiger charge is 2.36. The summed E-state index contributed by atoms with van der Waals surface area (Å²) in [5.74, 6) is -1.61. The largest absolute Gasteiger partial charge is 0.493 e. The molecule has 3 aromatic rings. The number of furan rings is 1. The molecule has 1 aromatic heterocycles. The number of halogens is 1. The van der Waals surface area contributed by atoms with E-state index in [9.17, 15) is 19.2 Å². The van der Waals surface area contributed by atoms with E-state index in [1.54, 1.807) is 36.4 Å². The summed E-state index contributed by atoms with van der Waals surface area (Å²) in [6, 6.07) is 11.9. The van der Waals surface area contributed by atoms with Crippen molar-refractivity contribution < 1.29 is 38.2 Å². The number of amides is 4. The summed E-state index contributed by atoms with van der Waals surface area (Å²) in [5.41, 5.74) is 0.971. The number of carboxylic acid groups (broad SMARTS) is 1. The molecule has 1 aliphatic heterocycles. The quantitative estimate of drug-likeness (QED) is 0.315. The van der Waals surface area contributed by atoms with Crippen molar-refractivity contribution in [3.8, 4) is 11.5 Å². The third kappa shape index (κ3) is 5.31. The number of methoxy groups -OCH3 is 1. The van der Waals surface area contributed by atoms with Gasteiger partial charge in [-0.05, 0) is 69.5 Å². The second kappa shape index (κ2) is 10.5. The Morgan fingerprint density at radius 2 is 1.97 bits per heavy atom. The Labute approximate surface area is 213 Å². The van der Waals surface area contributed by atoms with Crippen molar-refractivity contribution >= 4 is 45.8 Å². The van der Waals surface area contributed by atoms with E-state index in [4.69, 9.17) is 19.0 Å². The van der Waals surface area contributed by atoms with E-state index in [0.29, 0.717) is 32.9 Å². The van der Waals surface area contributed by atoms with Crippen molar-refractivity contribution in [1.29, 1.82) is 0 Å². The minimum atomic E-state index is -1.04. The van der Waals surface area contributed by atoms with Gasteiger partial charge in [0.2, 0.25) is 0 Å². The van der Waals surface area contributed by atoms with Crippen LogP contribution in [0.5, 0.6) is 11.5 Å². The number of imide groups is 2. The van der Waals surface area contributed by atoms with Crippen molar-refractivity contribution in [1.82, 2.24) is 10.2 Å². The highest BCUT2D eigenvalue weighted by molar-refractivity contribution is 9.10. The summed E-state index contributed by atoms with van der Waals surface area (Å²) < 4.78 is 17.0. The minimum Gasteiger partial charge on any atom is -0.493 e. The first-order valence-electron chi connectivity index (χ1n) is 10.5. The number of ether oxygens (including phenoxy) is 2. The number of aromatic carboxylic acids is 1. The number of benzene rings is 2. The number of carbonyl (C=O) groups is 4. The molecule has 184 valence electrons. The van der Waals surface area contributed by atoms with Crippen molar-refractivity contribution in [2.75, 3.05) is 7.11 Å². The average molecular weight is 555 g/mol. The minimum absolute atomic E-state index is 0.0707. The lowest BCUT2D eigenvalue weighted by Crippen LogP contribution is -2.53. The van der Waals surface area contributed by atoms with Crippen LogP contribution in [0.3, 0.4) is 0 Å². The summed E-state index contributed by atoms with van der Waals surface area (Å²) in [4.78, 5) is 49.7. The molecular formula is C25H19BrN2O8. The smallest absolute Gasteiger partial charge is 0.335 e. The number of hydrogen-bond donors (Lipinski definition) is 2. The van der Waals surface area contributed by atoms with Crippen LogP contribution in [-0.4, -0.2) is 40.9 Å². The molecule has 1 saturated heterocycles. The average Bonchev–Trinajstić information content (AvgIpc) is 3.37. The highest BCUT2D eigenvalue weighted by atomic mass is 79.9. The molecule has 1 fully saturated rings. The monoisotopic (exact) mass is 554 g/mol. The van der Waals surface area contributed by atoms with Crippen molar-refractivity contribution in [3.05, 3.63) is 87.3 Å². The van der Waals surface area contributed by atoms with Gasteiger partial charge in [0, 0.05) is 0 Å². The van der Waals surface area contributed by atoms with Crippen LogP contribution in [0, 0.1) is 0 Å². The van der Waals surface area contributed by atoms with Gasteiger partial charge >= 0.3 is 12.0 Å². The fourth-order valence-electron chi connectivity index (χ4n) is 3.48. The van der Waals surface area contributed by atoms with Gasteiger partial charge < -0.3 is 19.0 Å². The molecule has 11 heteroatoms. The molecular weight excluding hydrogens is 536 g/mol. The van der Waals surface area contributed by atoms with E-state index in [-0.39, 0.29) is 24.3 Å². The first kappa shape index (κ1) is 24.7. The van der Waals surface area contributed by atoms with E-state index >= 15 is 0 Å². The predicted octanol–water partition coefficient (Wildman–Crippen LogP) is 3.99. The summed E-state index contributed by atoms with van der Waals surface area (Å²) in [6.45, 7) is -0.0631. The van der Waals surface area contributed by atoms with E-state index in [1.165, 1.54) is 31.6 Å². The number of hydrogen-bond acceptors (Lipinski definition) is 7. The Kier molecular flexibility index (Phi) is 7.20. The normalized spacial score (nSPS) is 14.7. The van der Waals surface area contributed by atoms with E-state index in [0.717, 1.165) is 4.90 Å². The predicted molar refractivity (Wildman–Crippen MR) is 129 cm³/mol. The van der Waals surface area contributed by atoms with Crippen molar-refractivity contribution in [2.24, 2.45) is 0 Å². The van der Waals surface area contributed by atoms with Crippen molar-refractivity contribution in [2.45, 2.75) is 13.2 Å². The zero-order valence-corrected chi connectivity index (χ0v) is 20.4. The van der Waals surface area contributed by atoms with Gasteiger partial charge in [-0.3, -0.25) is 19.8 Å². The Morgan fingerprint density at radius 1 is 1.17 bits per heavy atom.